The van der Waals surface area contributed by atoms with Gasteiger partial charge in [0.1, 0.15) is 5.82 Å². The number of hydrogen-bond donors (Lipinski definition) is 1. The summed E-state index contributed by atoms with van der Waals surface area (Å²) in [6, 6.07) is 8.26. The van der Waals surface area contributed by atoms with Crippen LogP contribution in [0.1, 0.15) is 16.8 Å². The van der Waals surface area contributed by atoms with E-state index in [1.54, 1.807) is 12.4 Å². The molecular weight excluding hydrogens is 276 g/mol. The van der Waals surface area contributed by atoms with Crippen molar-refractivity contribution in [3.8, 4) is 11.4 Å². The van der Waals surface area contributed by atoms with Gasteiger partial charge in [0.15, 0.2) is 0 Å². The number of hydrogen-bond acceptors (Lipinski definition) is 3. The zero-order valence-corrected chi connectivity index (χ0v) is 12.7. The largest absolute Gasteiger partial charge is 0.345 e. The Morgan fingerprint density at radius 1 is 1.36 bits per heavy atom. The lowest BCUT2D eigenvalue weighted by atomic mass is 10.1. The van der Waals surface area contributed by atoms with Crippen LogP contribution < -0.4 is 0 Å². The van der Waals surface area contributed by atoms with Crippen LogP contribution in [0.15, 0.2) is 36.7 Å². The lowest BCUT2D eigenvalue weighted by Crippen LogP contribution is -2.35. The summed E-state index contributed by atoms with van der Waals surface area (Å²) in [5, 5.41) is 0. The van der Waals surface area contributed by atoms with E-state index >= 15 is 0 Å². The van der Waals surface area contributed by atoms with Crippen LogP contribution in [-0.2, 0) is 0 Å². The maximum Gasteiger partial charge on any atom is 0.253 e. The molecule has 4 rings (SSSR count). The van der Waals surface area contributed by atoms with Gasteiger partial charge in [0.2, 0.25) is 0 Å². The summed E-state index contributed by atoms with van der Waals surface area (Å²) in [5.74, 6) is 1.58. The summed E-state index contributed by atoms with van der Waals surface area (Å²) >= 11 is 0. The number of carbonyl (C=O) groups excluding carboxylic acids is 1. The molecule has 0 spiro atoms. The van der Waals surface area contributed by atoms with Gasteiger partial charge in [-0.15, -0.1) is 0 Å². The number of nitrogens with zero attached hydrogens (tertiary/aromatic N) is 3. The van der Waals surface area contributed by atoms with Crippen LogP contribution in [0.5, 0.6) is 0 Å². The van der Waals surface area contributed by atoms with E-state index in [0.29, 0.717) is 12.0 Å². The van der Waals surface area contributed by atoms with Crippen molar-refractivity contribution in [1.82, 2.24) is 19.8 Å². The van der Waals surface area contributed by atoms with E-state index in [1.165, 1.54) is 6.42 Å². The van der Waals surface area contributed by atoms with E-state index in [-0.39, 0.29) is 5.91 Å². The molecule has 2 aromatic rings. The number of fused-ring (bicyclic) bond motifs is 1. The monoisotopic (exact) mass is 296 g/mol. The molecule has 2 fully saturated rings. The van der Waals surface area contributed by atoms with Crippen LogP contribution in [0.4, 0.5) is 0 Å². The topological polar surface area (TPSA) is 52.2 Å². The number of amides is 1. The lowest BCUT2D eigenvalue weighted by Gasteiger charge is -2.21. The molecular formula is C17H20N4O. The Hall–Kier alpha value is -2.14. The molecule has 0 bridgehead atoms. The molecule has 2 aliphatic heterocycles. The van der Waals surface area contributed by atoms with Gasteiger partial charge in [0, 0.05) is 42.7 Å². The molecule has 2 saturated heterocycles. The molecule has 1 amide bonds. The third kappa shape index (κ3) is 2.22. The zero-order chi connectivity index (χ0) is 15.1. The number of likely N-dealkylation sites (tertiary alicyclic amines) is 2. The van der Waals surface area contributed by atoms with Crippen LogP contribution in [0, 0.1) is 5.92 Å². The number of nitrogens with one attached hydrogen (secondary N) is 1. The van der Waals surface area contributed by atoms with Gasteiger partial charge in [-0.3, -0.25) is 4.79 Å². The number of likely N-dealkylation sites (N-methyl/N-ethyl adjacent to an activating group) is 1. The number of aromatic nitrogens is 2. The van der Waals surface area contributed by atoms with Gasteiger partial charge in [-0.25, -0.2) is 4.98 Å². The maximum absolute atomic E-state index is 12.8. The van der Waals surface area contributed by atoms with Crippen molar-refractivity contribution in [2.45, 2.75) is 12.5 Å². The Labute approximate surface area is 130 Å². The first-order valence-corrected chi connectivity index (χ1v) is 7.82. The van der Waals surface area contributed by atoms with Crippen molar-refractivity contribution in [2.24, 2.45) is 5.92 Å². The highest BCUT2D eigenvalue weighted by atomic mass is 16.2. The summed E-state index contributed by atoms with van der Waals surface area (Å²) in [7, 11) is 2.16. The Morgan fingerprint density at radius 3 is 3.05 bits per heavy atom. The average molecular weight is 296 g/mol. The number of aromatic amines is 1. The first kappa shape index (κ1) is 13.5. The molecule has 1 aromatic carbocycles. The van der Waals surface area contributed by atoms with Gasteiger partial charge < -0.3 is 14.8 Å². The second-order valence-corrected chi connectivity index (χ2v) is 6.33. The number of H-pyrrole nitrogens is 1. The summed E-state index contributed by atoms with van der Waals surface area (Å²) in [4.78, 5) is 24.5. The summed E-state index contributed by atoms with van der Waals surface area (Å²) in [6.07, 6.45) is 4.72. The predicted molar refractivity (Wildman–Crippen MR) is 84.5 cm³/mol. The maximum atomic E-state index is 12.8. The standard InChI is InChI=1S/C17H20N4O/c1-20-8-5-14-10-21(11-15(14)20)17(22)13-4-2-3-12(9-13)16-18-6-7-19-16/h2-4,6-7,9,14-15H,5,8,10-11H2,1H3,(H,18,19)/t14-,15+/m0/s1. The third-order valence-corrected chi connectivity index (χ3v) is 4.99. The van der Waals surface area contributed by atoms with Gasteiger partial charge in [0.05, 0.1) is 0 Å². The number of rotatable bonds is 2. The van der Waals surface area contributed by atoms with E-state index in [4.69, 9.17) is 0 Å². The first-order chi connectivity index (χ1) is 10.7. The normalized spacial score (nSPS) is 24.7. The molecule has 3 heterocycles. The van der Waals surface area contributed by atoms with Crippen LogP contribution >= 0.6 is 0 Å². The molecule has 5 nitrogen and oxygen atoms in total. The van der Waals surface area contributed by atoms with Gasteiger partial charge in [0.25, 0.3) is 5.91 Å². The van der Waals surface area contributed by atoms with Crippen LogP contribution in [0.25, 0.3) is 11.4 Å². The highest BCUT2D eigenvalue weighted by Crippen LogP contribution is 2.31. The summed E-state index contributed by atoms with van der Waals surface area (Å²) in [6.45, 7) is 2.90. The number of imidazole rings is 1. The molecule has 0 saturated carbocycles. The molecule has 1 aromatic heterocycles. The van der Waals surface area contributed by atoms with Crippen LogP contribution in [0.3, 0.4) is 0 Å². The fraction of sp³-hybridized carbons (Fsp3) is 0.412. The first-order valence-electron chi connectivity index (χ1n) is 7.82. The molecule has 2 aliphatic rings. The SMILES string of the molecule is CN1CC[C@H]2CN(C(=O)c3cccc(-c4ncc[nH]4)c3)C[C@H]21. The Kier molecular flexibility index (Phi) is 3.22. The highest BCUT2D eigenvalue weighted by molar-refractivity contribution is 5.95. The molecule has 22 heavy (non-hydrogen) atoms. The van der Waals surface area contributed by atoms with E-state index in [2.05, 4.69) is 21.9 Å². The fourth-order valence-electron chi connectivity index (χ4n) is 3.74. The van der Waals surface area contributed by atoms with E-state index < -0.39 is 0 Å². The summed E-state index contributed by atoms with van der Waals surface area (Å²) in [5.41, 5.74) is 1.70. The minimum absolute atomic E-state index is 0.135. The van der Waals surface area contributed by atoms with Crippen molar-refractivity contribution in [2.75, 3.05) is 26.7 Å². The molecule has 0 radical (unpaired) electrons. The second kappa shape index (κ2) is 5.25. The van der Waals surface area contributed by atoms with E-state index in [0.717, 1.165) is 36.6 Å². The Bertz CT molecular complexity index is 682. The number of benzene rings is 1. The van der Waals surface area contributed by atoms with Gasteiger partial charge >= 0.3 is 0 Å². The third-order valence-electron chi connectivity index (χ3n) is 4.99. The fourth-order valence-corrected chi connectivity index (χ4v) is 3.74. The van der Waals surface area contributed by atoms with Gasteiger partial charge in [-0.1, -0.05) is 12.1 Å². The van der Waals surface area contributed by atoms with Crippen LogP contribution in [-0.4, -0.2) is 58.4 Å². The van der Waals surface area contributed by atoms with E-state index in [9.17, 15) is 4.79 Å². The molecule has 2 atom stereocenters. The number of carbonyl (C=O) groups is 1. The molecule has 5 heteroatoms. The summed E-state index contributed by atoms with van der Waals surface area (Å²) < 4.78 is 0. The highest BCUT2D eigenvalue weighted by Gasteiger charge is 2.41. The van der Waals surface area contributed by atoms with Gasteiger partial charge in [-0.05, 0) is 38.1 Å². The smallest absolute Gasteiger partial charge is 0.253 e. The molecule has 0 aliphatic carbocycles. The predicted octanol–water partition coefficient (Wildman–Crippen LogP) is 1.85. The Balaban J connectivity index is 1.55. The van der Waals surface area contributed by atoms with Crippen molar-refractivity contribution in [1.29, 1.82) is 0 Å². The molecule has 114 valence electrons. The minimum atomic E-state index is 0.135. The quantitative estimate of drug-likeness (QED) is 0.920. The van der Waals surface area contributed by atoms with Crippen molar-refractivity contribution in [3.05, 3.63) is 42.2 Å². The van der Waals surface area contributed by atoms with Crippen molar-refractivity contribution >= 4 is 5.91 Å². The van der Waals surface area contributed by atoms with E-state index in [1.807, 2.05) is 29.2 Å². The van der Waals surface area contributed by atoms with Crippen molar-refractivity contribution < 1.29 is 4.79 Å². The zero-order valence-electron chi connectivity index (χ0n) is 12.7. The molecule has 1 N–H and O–H groups in total. The average Bonchev–Trinajstić information content (AvgIpc) is 3.25. The lowest BCUT2D eigenvalue weighted by molar-refractivity contribution is 0.0774. The Morgan fingerprint density at radius 2 is 2.27 bits per heavy atom. The minimum Gasteiger partial charge on any atom is -0.345 e. The molecule has 0 unspecified atom stereocenters. The van der Waals surface area contributed by atoms with Crippen molar-refractivity contribution in [3.63, 3.8) is 0 Å². The van der Waals surface area contributed by atoms with Gasteiger partial charge in [-0.2, -0.15) is 0 Å². The second-order valence-electron chi connectivity index (χ2n) is 6.33. The van der Waals surface area contributed by atoms with Crippen LogP contribution in [0.2, 0.25) is 0 Å².